The molecule has 3 aromatic carbocycles. The smallest absolute Gasteiger partial charge is 0.407 e. The maximum Gasteiger partial charge on any atom is 0.407 e. The summed E-state index contributed by atoms with van der Waals surface area (Å²) in [7, 11) is 0. The number of nitrogens with zero attached hydrogens (tertiary/aromatic N) is 6. The Morgan fingerprint density at radius 1 is 0.986 bits per heavy atom. The van der Waals surface area contributed by atoms with Crippen molar-refractivity contribution in [2.75, 3.05) is 44.3 Å². The van der Waals surface area contributed by atoms with Crippen LogP contribution in [0.15, 0.2) is 66.9 Å². The number of fused-ring (bicyclic) bond motifs is 6. The van der Waals surface area contributed by atoms with Crippen molar-refractivity contribution in [2.45, 2.75) is 81.1 Å². The van der Waals surface area contributed by atoms with E-state index in [0.717, 1.165) is 23.3 Å². The van der Waals surface area contributed by atoms with Gasteiger partial charge >= 0.3 is 12.1 Å². The fourth-order valence-electron chi connectivity index (χ4n) is 11.4. The van der Waals surface area contributed by atoms with Gasteiger partial charge in [-0.1, -0.05) is 54.5 Å². The van der Waals surface area contributed by atoms with E-state index in [-0.39, 0.29) is 91.1 Å². The van der Waals surface area contributed by atoms with Gasteiger partial charge in [0.1, 0.15) is 42.1 Å². The van der Waals surface area contributed by atoms with Gasteiger partial charge in [-0.15, -0.1) is 6.42 Å². The van der Waals surface area contributed by atoms with Crippen LogP contribution < -0.4 is 25.6 Å². The monoisotopic (exact) mass is 935 g/mol. The van der Waals surface area contributed by atoms with Crippen molar-refractivity contribution in [3.05, 3.63) is 101 Å². The molecule has 3 unspecified atom stereocenters. The number of carbonyl (C=O) groups is 5. The molecular weight excluding hydrogens is 889 g/mol. The number of amides is 5. The van der Waals surface area contributed by atoms with Crippen LogP contribution in [0.4, 0.5) is 19.4 Å². The Hall–Kier alpha value is -7.36. The largest absolute Gasteiger partial charge is 0.461 e. The topological polar surface area (TPSA) is 188 Å². The van der Waals surface area contributed by atoms with Gasteiger partial charge in [-0.05, 0) is 68.0 Å². The van der Waals surface area contributed by atoms with Gasteiger partial charge in [0.15, 0.2) is 5.82 Å². The highest BCUT2D eigenvalue weighted by Crippen LogP contribution is 2.45. The van der Waals surface area contributed by atoms with Gasteiger partial charge in [-0.25, -0.2) is 13.6 Å². The summed E-state index contributed by atoms with van der Waals surface area (Å²) in [4.78, 5) is 83.7. The normalized spacial score (nSPS) is 24.2. The van der Waals surface area contributed by atoms with Crippen LogP contribution in [0, 0.1) is 24.0 Å². The zero-order valence-electron chi connectivity index (χ0n) is 37.5. The highest BCUT2D eigenvalue weighted by Gasteiger charge is 2.52. The number of hydrogen-bond acceptors (Lipinski definition) is 13. The number of halogens is 2. The molecule has 16 nitrogen and oxygen atoms in total. The van der Waals surface area contributed by atoms with E-state index in [9.17, 15) is 24.0 Å². The lowest BCUT2D eigenvalue weighted by atomic mass is 9.94. The number of anilines is 1. The predicted octanol–water partition coefficient (Wildman–Crippen LogP) is 4.96. The third kappa shape index (κ3) is 7.69. The number of ether oxygens (including phenoxy) is 2. The molecule has 69 heavy (non-hydrogen) atoms. The Bertz CT molecular complexity index is 3090. The molecule has 5 saturated heterocycles. The molecule has 0 radical (unpaired) electrons. The summed E-state index contributed by atoms with van der Waals surface area (Å²) >= 11 is 0. The molecule has 6 aliphatic heterocycles. The second-order valence-electron chi connectivity index (χ2n) is 18.8. The van der Waals surface area contributed by atoms with E-state index in [1.807, 2.05) is 0 Å². The summed E-state index contributed by atoms with van der Waals surface area (Å²) in [5.74, 6) is -0.711. The fourth-order valence-corrected chi connectivity index (χ4v) is 11.4. The first-order chi connectivity index (χ1) is 33.4. The molecule has 5 aromatic rings. The Labute approximate surface area is 394 Å². The van der Waals surface area contributed by atoms with Crippen LogP contribution >= 0.6 is 0 Å². The lowest BCUT2D eigenvalue weighted by Gasteiger charge is -2.35. The van der Waals surface area contributed by atoms with E-state index in [1.165, 1.54) is 12.1 Å². The molecule has 18 heteroatoms. The second-order valence-corrected chi connectivity index (χ2v) is 18.8. The number of imide groups is 2. The number of terminal acetylenes is 1. The van der Waals surface area contributed by atoms with Crippen LogP contribution in [-0.4, -0.2) is 124 Å². The molecule has 5 amide bonds. The highest BCUT2D eigenvalue weighted by molar-refractivity contribution is 6.24. The van der Waals surface area contributed by atoms with Crippen molar-refractivity contribution < 1.29 is 42.2 Å². The van der Waals surface area contributed by atoms with Gasteiger partial charge in [0.2, 0.25) is 11.8 Å². The minimum absolute atomic E-state index is 0.00238. The summed E-state index contributed by atoms with van der Waals surface area (Å²) in [5.41, 5.74) is 1.67. The number of pyridine rings is 1. The van der Waals surface area contributed by atoms with E-state index in [1.54, 1.807) is 42.6 Å². The third-order valence-electron chi connectivity index (χ3n) is 14.6. The fraction of sp³-hybridized carbons (Fsp3) is 0.373. The van der Waals surface area contributed by atoms with E-state index >= 15 is 8.78 Å². The maximum atomic E-state index is 17.2. The van der Waals surface area contributed by atoms with E-state index in [2.05, 4.69) is 43.2 Å². The van der Waals surface area contributed by atoms with Gasteiger partial charge in [0.25, 0.3) is 11.8 Å². The number of piperidine rings is 1. The Kier molecular flexibility index (Phi) is 11.1. The number of aromatic nitrogens is 3. The first kappa shape index (κ1) is 44.2. The average Bonchev–Trinajstić information content (AvgIpc) is 4.04. The lowest BCUT2D eigenvalue weighted by Crippen LogP contribution is -2.54. The van der Waals surface area contributed by atoms with Gasteiger partial charge < -0.3 is 25.0 Å². The van der Waals surface area contributed by atoms with Crippen LogP contribution in [0.5, 0.6) is 6.01 Å². The Balaban J connectivity index is 0.787. The van der Waals surface area contributed by atoms with Gasteiger partial charge in [0, 0.05) is 67.9 Å². The van der Waals surface area contributed by atoms with Crippen molar-refractivity contribution in [1.82, 2.24) is 40.7 Å². The summed E-state index contributed by atoms with van der Waals surface area (Å²) < 4.78 is 44.5. The number of carbonyl (C=O) groups excluding carboxylic acids is 5. The van der Waals surface area contributed by atoms with Crippen LogP contribution in [0.3, 0.4) is 0 Å². The summed E-state index contributed by atoms with van der Waals surface area (Å²) in [5, 5.41) is 10.0. The molecule has 0 saturated carbocycles. The van der Waals surface area contributed by atoms with Gasteiger partial charge in [-0.2, -0.15) is 9.97 Å². The molecule has 2 bridgehead atoms. The third-order valence-corrected chi connectivity index (χ3v) is 14.6. The van der Waals surface area contributed by atoms with E-state index in [0.29, 0.717) is 72.0 Å². The van der Waals surface area contributed by atoms with Crippen molar-refractivity contribution in [3.63, 3.8) is 0 Å². The van der Waals surface area contributed by atoms with E-state index < -0.39 is 52.9 Å². The van der Waals surface area contributed by atoms with Crippen LogP contribution in [0.1, 0.15) is 76.8 Å². The van der Waals surface area contributed by atoms with Crippen LogP contribution in [0.25, 0.3) is 32.9 Å². The maximum absolute atomic E-state index is 17.2. The van der Waals surface area contributed by atoms with Crippen molar-refractivity contribution in [1.29, 1.82) is 0 Å². The molecule has 2 aromatic heterocycles. The number of benzene rings is 3. The molecule has 5 fully saturated rings. The number of alkyl carbamates (subject to hydrolysis) is 1. The van der Waals surface area contributed by atoms with Crippen LogP contribution in [-0.2, 0) is 20.7 Å². The SMILES string of the molecule is C#Cc1c(F)ccc2cccc(-c3ncc4c(N5CC6CCC(C5)N6)nc(OC[C@@]56CC[C@@H](COC(=O)NCCc7cccc8c7C(=O)N(C7CCC(=O)NC7=O)C8=O)N5CC(=C)C6)nc4c3F)c12. The van der Waals surface area contributed by atoms with Crippen molar-refractivity contribution >= 4 is 57.2 Å². The standard InChI is InChI=1S/C51H47F2N9O7/c1-3-33-37(52)13-10-28-6-4-8-34(40(28)33)43-42(53)44-36(21-55-43)45(60-23-30-11-12-31(24-60)56-30)59-49(58-44)69-26-51-18-16-32(61(51)22-27(2)20-51)25-68-50(67)54-19-17-29-7-5-9-35-41(29)48(66)62(47(35)65)38-14-15-39(63)57-46(38)64/h1,4-10,13,21,30-32,38,56H,2,11-12,14-20,22-26H2,(H,54,67)(H,57,63,64)/t30?,31?,32-,38?,51-/m0/s1. The second kappa shape index (κ2) is 17.3. The number of rotatable bonds is 11. The zero-order valence-corrected chi connectivity index (χ0v) is 37.5. The Morgan fingerprint density at radius 2 is 1.78 bits per heavy atom. The molecule has 3 N–H and O–H groups in total. The molecule has 6 aliphatic rings. The molecule has 0 aliphatic carbocycles. The molecule has 5 atom stereocenters. The number of nitrogens with one attached hydrogen (secondary N) is 3. The summed E-state index contributed by atoms with van der Waals surface area (Å²) in [6.45, 7) is 6.52. The van der Waals surface area contributed by atoms with E-state index in [4.69, 9.17) is 25.9 Å². The first-order valence-corrected chi connectivity index (χ1v) is 23.3. The number of piperazine rings is 1. The minimum atomic E-state index is -1.08. The van der Waals surface area contributed by atoms with Crippen molar-refractivity contribution in [2.24, 2.45) is 0 Å². The summed E-state index contributed by atoms with van der Waals surface area (Å²) in [6.07, 6.45) is 11.0. The highest BCUT2D eigenvalue weighted by atomic mass is 19.1. The van der Waals surface area contributed by atoms with Gasteiger partial charge in [-0.3, -0.25) is 39.3 Å². The Morgan fingerprint density at radius 3 is 2.58 bits per heavy atom. The van der Waals surface area contributed by atoms with Crippen LogP contribution in [0.2, 0.25) is 0 Å². The quantitative estimate of drug-likeness (QED) is 0.0918. The minimum Gasteiger partial charge on any atom is -0.461 e. The van der Waals surface area contributed by atoms with Gasteiger partial charge in [0.05, 0.1) is 27.6 Å². The predicted molar refractivity (Wildman–Crippen MR) is 248 cm³/mol. The molecule has 352 valence electrons. The molecular formula is C51H47F2N9O7. The zero-order chi connectivity index (χ0) is 47.7. The molecule has 0 spiro atoms. The first-order valence-electron chi connectivity index (χ1n) is 23.3. The summed E-state index contributed by atoms with van der Waals surface area (Å²) in [6, 6.07) is 12.2. The van der Waals surface area contributed by atoms with Crippen molar-refractivity contribution in [3.8, 4) is 29.6 Å². The number of hydrogen-bond donors (Lipinski definition) is 3. The lowest BCUT2D eigenvalue weighted by molar-refractivity contribution is -0.136. The molecule has 11 rings (SSSR count). The molecule has 8 heterocycles. The average molecular weight is 936 g/mol.